The van der Waals surface area contributed by atoms with Crippen molar-refractivity contribution in [3.05, 3.63) is 52.0 Å². The molecule has 0 saturated heterocycles. The van der Waals surface area contributed by atoms with Gasteiger partial charge >= 0.3 is 0 Å². The summed E-state index contributed by atoms with van der Waals surface area (Å²) in [5.74, 6) is -1.75. The van der Waals surface area contributed by atoms with Gasteiger partial charge in [-0.25, -0.2) is 17.5 Å². The molecule has 1 aromatic heterocycles. The summed E-state index contributed by atoms with van der Waals surface area (Å²) in [5, 5.41) is 1.90. The lowest BCUT2D eigenvalue weighted by Gasteiger charge is -2.12. The maximum Gasteiger partial charge on any atom is 0.264 e. The predicted molar refractivity (Wildman–Crippen MR) is 83.7 cm³/mol. The molecule has 1 atom stereocenters. The number of hydrogen-bond donors (Lipinski definition) is 1. The first-order valence-corrected chi connectivity index (χ1v) is 9.00. The molecule has 0 fully saturated rings. The normalized spacial score (nSPS) is 12.9. The van der Waals surface area contributed by atoms with Gasteiger partial charge in [-0.15, -0.1) is 11.3 Å². The molecule has 0 aliphatic heterocycles. The number of aryl methyl sites for hydroxylation is 1. The molecular weight excluding hydrogens is 325 g/mol. The maximum absolute atomic E-state index is 13.3. The van der Waals surface area contributed by atoms with Crippen LogP contribution < -0.4 is 4.72 Å². The van der Waals surface area contributed by atoms with E-state index in [4.69, 9.17) is 0 Å². The van der Waals surface area contributed by atoms with Crippen LogP contribution in [0.5, 0.6) is 0 Å². The second-order valence-electron chi connectivity index (χ2n) is 5.12. The summed E-state index contributed by atoms with van der Waals surface area (Å²) in [4.78, 5) is 12.8. The Bertz CT molecular complexity index is 750. The van der Waals surface area contributed by atoms with Gasteiger partial charge in [-0.2, -0.15) is 0 Å². The summed E-state index contributed by atoms with van der Waals surface area (Å²) in [5.41, 5.74) is 0.472. The number of amides is 1. The van der Waals surface area contributed by atoms with E-state index in [0.29, 0.717) is 12.0 Å². The molecule has 7 heteroatoms. The number of benzene rings is 1. The SMILES string of the molecule is Cc1cc(F)cc(S(=O)(=O)NC(=O)[C@@H](C)Cc2cccs2)c1. The van der Waals surface area contributed by atoms with Crippen LogP contribution in [0.25, 0.3) is 0 Å². The average Bonchev–Trinajstić information content (AvgIpc) is 2.89. The highest BCUT2D eigenvalue weighted by molar-refractivity contribution is 7.90. The lowest BCUT2D eigenvalue weighted by atomic mass is 10.1. The molecule has 0 saturated carbocycles. The first-order chi connectivity index (χ1) is 10.3. The summed E-state index contributed by atoms with van der Waals surface area (Å²) in [6, 6.07) is 7.20. The molecule has 1 N–H and O–H groups in total. The number of hydrogen-bond acceptors (Lipinski definition) is 4. The van der Waals surface area contributed by atoms with Gasteiger partial charge in [0.05, 0.1) is 4.90 Å². The van der Waals surface area contributed by atoms with Crippen molar-refractivity contribution in [2.24, 2.45) is 5.92 Å². The first-order valence-electron chi connectivity index (χ1n) is 6.64. The van der Waals surface area contributed by atoms with Crippen LogP contribution >= 0.6 is 11.3 Å². The quantitative estimate of drug-likeness (QED) is 0.909. The third kappa shape index (κ3) is 4.14. The van der Waals surface area contributed by atoms with Gasteiger partial charge in [-0.1, -0.05) is 13.0 Å². The minimum Gasteiger partial charge on any atom is -0.274 e. The maximum atomic E-state index is 13.3. The van der Waals surface area contributed by atoms with Crippen molar-refractivity contribution >= 4 is 27.3 Å². The van der Waals surface area contributed by atoms with Gasteiger partial charge in [-0.05, 0) is 48.6 Å². The van der Waals surface area contributed by atoms with E-state index < -0.39 is 27.7 Å². The third-order valence-corrected chi connectivity index (χ3v) is 5.32. The van der Waals surface area contributed by atoms with Crippen molar-refractivity contribution in [2.75, 3.05) is 0 Å². The Kier molecular flexibility index (Phi) is 4.97. The van der Waals surface area contributed by atoms with E-state index >= 15 is 0 Å². The molecular formula is C15H16FNO3S2. The van der Waals surface area contributed by atoms with Crippen molar-refractivity contribution in [3.63, 3.8) is 0 Å². The molecule has 1 heterocycles. The van der Waals surface area contributed by atoms with E-state index in [1.54, 1.807) is 13.8 Å². The number of carbonyl (C=O) groups excluding carboxylic acids is 1. The highest BCUT2D eigenvalue weighted by atomic mass is 32.2. The molecule has 0 spiro atoms. The molecule has 22 heavy (non-hydrogen) atoms. The molecule has 2 aromatic rings. The lowest BCUT2D eigenvalue weighted by molar-refractivity contribution is -0.122. The number of nitrogens with one attached hydrogen (secondary N) is 1. The number of rotatable bonds is 5. The van der Waals surface area contributed by atoms with Crippen LogP contribution in [0.15, 0.2) is 40.6 Å². The number of halogens is 1. The highest BCUT2D eigenvalue weighted by Crippen LogP contribution is 2.17. The largest absolute Gasteiger partial charge is 0.274 e. The van der Waals surface area contributed by atoms with Crippen LogP contribution in [0.3, 0.4) is 0 Å². The fourth-order valence-corrected chi connectivity index (χ4v) is 4.00. The van der Waals surface area contributed by atoms with Gasteiger partial charge in [-0.3, -0.25) is 4.79 Å². The monoisotopic (exact) mass is 341 g/mol. The van der Waals surface area contributed by atoms with Crippen molar-refractivity contribution in [1.82, 2.24) is 4.72 Å². The van der Waals surface area contributed by atoms with E-state index in [1.807, 2.05) is 22.2 Å². The number of carbonyl (C=O) groups is 1. The van der Waals surface area contributed by atoms with Gasteiger partial charge in [0.25, 0.3) is 10.0 Å². The standard InChI is InChI=1S/C15H16FNO3S2/c1-10-6-12(16)9-14(7-10)22(19,20)17-15(18)11(2)8-13-4-3-5-21-13/h3-7,9,11H,8H2,1-2H3,(H,17,18)/t11-/m0/s1. The number of sulfonamides is 1. The molecule has 0 aliphatic rings. The summed E-state index contributed by atoms with van der Waals surface area (Å²) >= 11 is 1.51. The molecule has 0 unspecified atom stereocenters. The third-order valence-electron chi connectivity index (χ3n) is 3.10. The van der Waals surface area contributed by atoms with Crippen LogP contribution in [-0.2, 0) is 21.2 Å². The Balaban J connectivity index is 2.12. The van der Waals surface area contributed by atoms with Gasteiger partial charge < -0.3 is 0 Å². The fraction of sp³-hybridized carbons (Fsp3) is 0.267. The molecule has 1 amide bonds. The smallest absolute Gasteiger partial charge is 0.264 e. The second kappa shape index (κ2) is 6.58. The topological polar surface area (TPSA) is 63.2 Å². The van der Waals surface area contributed by atoms with Crippen LogP contribution in [0, 0.1) is 18.7 Å². The van der Waals surface area contributed by atoms with E-state index in [-0.39, 0.29) is 4.90 Å². The Morgan fingerprint density at radius 2 is 2.09 bits per heavy atom. The Labute approximate surface area is 133 Å². The van der Waals surface area contributed by atoms with Crippen molar-refractivity contribution in [1.29, 1.82) is 0 Å². The minimum atomic E-state index is -4.06. The highest BCUT2D eigenvalue weighted by Gasteiger charge is 2.22. The summed E-state index contributed by atoms with van der Waals surface area (Å²) in [6.07, 6.45) is 0.460. The molecule has 2 rings (SSSR count). The molecule has 0 radical (unpaired) electrons. The van der Waals surface area contributed by atoms with Gasteiger partial charge in [0.2, 0.25) is 5.91 Å². The Morgan fingerprint density at radius 3 is 2.68 bits per heavy atom. The minimum absolute atomic E-state index is 0.248. The molecule has 0 aliphatic carbocycles. The van der Waals surface area contributed by atoms with Crippen molar-refractivity contribution < 1.29 is 17.6 Å². The molecule has 0 bridgehead atoms. The zero-order valence-electron chi connectivity index (χ0n) is 12.2. The fourth-order valence-electron chi connectivity index (χ4n) is 1.97. The molecule has 118 valence electrons. The zero-order chi connectivity index (χ0) is 16.3. The predicted octanol–water partition coefficient (Wildman–Crippen LogP) is 2.88. The van der Waals surface area contributed by atoms with Crippen molar-refractivity contribution in [3.8, 4) is 0 Å². The van der Waals surface area contributed by atoms with Crippen LogP contribution in [0.4, 0.5) is 4.39 Å². The Morgan fingerprint density at radius 1 is 1.36 bits per heavy atom. The van der Waals surface area contributed by atoms with E-state index in [0.717, 1.165) is 10.9 Å². The van der Waals surface area contributed by atoms with Crippen molar-refractivity contribution in [2.45, 2.75) is 25.2 Å². The van der Waals surface area contributed by atoms with Crippen LogP contribution in [0.1, 0.15) is 17.4 Å². The summed E-state index contributed by atoms with van der Waals surface area (Å²) in [6.45, 7) is 3.24. The summed E-state index contributed by atoms with van der Waals surface area (Å²) in [7, 11) is -4.06. The van der Waals surface area contributed by atoms with Gasteiger partial charge in [0.1, 0.15) is 5.82 Å². The zero-order valence-corrected chi connectivity index (χ0v) is 13.8. The van der Waals surface area contributed by atoms with E-state index in [9.17, 15) is 17.6 Å². The van der Waals surface area contributed by atoms with E-state index in [2.05, 4.69) is 0 Å². The van der Waals surface area contributed by atoms with Gasteiger partial charge in [0.15, 0.2) is 0 Å². The van der Waals surface area contributed by atoms with Gasteiger partial charge in [0, 0.05) is 10.8 Å². The second-order valence-corrected chi connectivity index (χ2v) is 7.83. The molecule has 1 aromatic carbocycles. The van der Waals surface area contributed by atoms with E-state index in [1.165, 1.54) is 23.5 Å². The average molecular weight is 341 g/mol. The number of thiophene rings is 1. The summed E-state index contributed by atoms with van der Waals surface area (Å²) < 4.78 is 39.7. The first kappa shape index (κ1) is 16.6. The van der Waals surface area contributed by atoms with Crippen LogP contribution in [0.2, 0.25) is 0 Å². The van der Waals surface area contributed by atoms with Crippen LogP contribution in [-0.4, -0.2) is 14.3 Å². The lowest BCUT2D eigenvalue weighted by Crippen LogP contribution is -2.35. The Hall–Kier alpha value is -1.73. The molecule has 4 nitrogen and oxygen atoms in total.